The Kier molecular flexibility index (Phi) is 4.31. The van der Waals surface area contributed by atoms with Crippen LogP contribution in [0.1, 0.15) is 37.0 Å². The predicted octanol–water partition coefficient (Wildman–Crippen LogP) is 2.71. The maximum Gasteiger partial charge on any atom is 0.277 e. The normalized spacial score (nSPS) is 10.4. The van der Waals surface area contributed by atoms with Crippen molar-refractivity contribution < 1.29 is 10.0 Å². The molecule has 1 N–H and O–H groups in total. The molecule has 0 aliphatic heterocycles. The van der Waals surface area contributed by atoms with Gasteiger partial charge in [0, 0.05) is 5.56 Å². The lowest BCUT2D eigenvalue weighted by Gasteiger charge is -2.23. The summed E-state index contributed by atoms with van der Waals surface area (Å²) in [5.74, 6) is -0.329. The quantitative estimate of drug-likeness (QED) is 0.609. The van der Waals surface area contributed by atoms with Gasteiger partial charge in [0.25, 0.3) is 5.91 Å². The third kappa shape index (κ3) is 2.80. The van der Waals surface area contributed by atoms with E-state index < -0.39 is 0 Å². The Hall–Kier alpha value is -1.35. The van der Waals surface area contributed by atoms with Crippen LogP contribution in [0.3, 0.4) is 0 Å². The first-order chi connectivity index (χ1) is 7.20. The highest BCUT2D eigenvalue weighted by molar-refractivity contribution is 5.93. The van der Waals surface area contributed by atoms with Gasteiger partial charge >= 0.3 is 0 Å². The fourth-order valence-electron chi connectivity index (χ4n) is 1.51. The largest absolute Gasteiger partial charge is 0.285 e. The van der Waals surface area contributed by atoms with Crippen LogP contribution in [0.5, 0.6) is 0 Å². The number of amides is 1. The molecule has 0 fully saturated rings. The number of rotatable bonds is 4. The predicted molar refractivity (Wildman–Crippen MR) is 58.8 cm³/mol. The summed E-state index contributed by atoms with van der Waals surface area (Å²) in [4.78, 5) is 11.8. The van der Waals surface area contributed by atoms with Gasteiger partial charge in [-0.1, -0.05) is 32.0 Å². The molecule has 0 saturated carbocycles. The third-order valence-electron chi connectivity index (χ3n) is 2.52. The first-order valence-electron chi connectivity index (χ1n) is 5.28. The molecular formula is C12H17NO2. The van der Waals surface area contributed by atoms with Gasteiger partial charge in [-0.2, -0.15) is 0 Å². The smallest absolute Gasteiger partial charge is 0.277 e. The fourth-order valence-corrected chi connectivity index (χ4v) is 1.51. The molecule has 1 aromatic carbocycles. The molecule has 0 bridgehead atoms. The molecule has 0 atom stereocenters. The zero-order valence-electron chi connectivity index (χ0n) is 9.18. The minimum absolute atomic E-state index is 0.0993. The summed E-state index contributed by atoms with van der Waals surface area (Å²) >= 11 is 0. The van der Waals surface area contributed by atoms with Gasteiger partial charge in [0.2, 0.25) is 0 Å². The summed E-state index contributed by atoms with van der Waals surface area (Å²) in [5, 5.41) is 10.6. The summed E-state index contributed by atoms with van der Waals surface area (Å²) in [7, 11) is 0. The number of carbonyl (C=O) groups is 1. The molecule has 0 saturated heterocycles. The van der Waals surface area contributed by atoms with E-state index in [2.05, 4.69) is 0 Å². The average molecular weight is 207 g/mol. The first-order valence-corrected chi connectivity index (χ1v) is 5.28. The molecule has 0 aromatic heterocycles. The van der Waals surface area contributed by atoms with Crippen LogP contribution in [0, 0.1) is 0 Å². The van der Waals surface area contributed by atoms with Crippen molar-refractivity contribution in [3.8, 4) is 0 Å². The topological polar surface area (TPSA) is 40.5 Å². The van der Waals surface area contributed by atoms with Gasteiger partial charge in [-0.05, 0) is 25.0 Å². The molecule has 1 aromatic rings. The maximum atomic E-state index is 11.8. The number of nitrogens with zero attached hydrogens (tertiary/aromatic N) is 1. The Bertz CT molecular complexity index is 307. The molecule has 0 radical (unpaired) electrons. The monoisotopic (exact) mass is 207 g/mol. The van der Waals surface area contributed by atoms with Crippen molar-refractivity contribution in [1.82, 2.24) is 5.06 Å². The summed E-state index contributed by atoms with van der Waals surface area (Å²) in [6, 6.07) is 8.72. The van der Waals surface area contributed by atoms with Crippen LogP contribution >= 0.6 is 0 Å². The number of benzene rings is 1. The number of carbonyl (C=O) groups excluding carboxylic acids is 1. The highest BCUT2D eigenvalue weighted by Crippen LogP contribution is 2.10. The third-order valence-corrected chi connectivity index (χ3v) is 2.52. The van der Waals surface area contributed by atoms with Crippen molar-refractivity contribution in [3.63, 3.8) is 0 Å². The van der Waals surface area contributed by atoms with Crippen LogP contribution in [0.2, 0.25) is 0 Å². The van der Waals surface area contributed by atoms with E-state index in [0.29, 0.717) is 5.56 Å². The second-order valence-corrected chi connectivity index (χ2v) is 3.49. The second kappa shape index (κ2) is 5.51. The van der Waals surface area contributed by atoms with Gasteiger partial charge in [0.15, 0.2) is 0 Å². The van der Waals surface area contributed by atoms with Crippen LogP contribution < -0.4 is 0 Å². The van der Waals surface area contributed by atoms with Gasteiger partial charge < -0.3 is 0 Å². The van der Waals surface area contributed by atoms with Gasteiger partial charge in [0.05, 0.1) is 6.04 Å². The van der Waals surface area contributed by atoms with Crippen LogP contribution in [0.4, 0.5) is 0 Å². The van der Waals surface area contributed by atoms with Crippen molar-refractivity contribution in [2.45, 2.75) is 32.7 Å². The molecule has 1 rings (SSSR count). The molecule has 1 amide bonds. The van der Waals surface area contributed by atoms with Crippen molar-refractivity contribution >= 4 is 5.91 Å². The Labute approximate surface area is 90.3 Å². The summed E-state index contributed by atoms with van der Waals surface area (Å²) < 4.78 is 0. The van der Waals surface area contributed by atoms with Crippen LogP contribution in [-0.4, -0.2) is 22.2 Å². The van der Waals surface area contributed by atoms with E-state index in [1.54, 1.807) is 24.3 Å². The van der Waals surface area contributed by atoms with Crippen LogP contribution in [0.25, 0.3) is 0 Å². The van der Waals surface area contributed by atoms with Crippen molar-refractivity contribution in [3.05, 3.63) is 35.9 Å². The van der Waals surface area contributed by atoms with Crippen molar-refractivity contribution in [2.24, 2.45) is 0 Å². The van der Waals surface area contributed by atoms with Gasteiger partial charge in [-0.25, -0.2) is 5.06 Å². The summed E-state index contributed by atoms with van der Waals surface area (Å²) in [6.07, 6.45) is 1.51. The lowest BCUT2D eigenvalue weighted by Crippen LogP contribution is -2.36. The first kappa shape index (κ1) is 11.7. The van der Waals surface area contributed by atoms with E-state index in [4.69, 9.17) is 0 Å². The zero-order valence-corrected chi connectivity index (χ0v) is 9.18. The van der Waals surface area contributed by atoms with Gasteiger partial charge in [-0.3, -0.25) is 10.0 Å². The van der Waals surface area contributed by atoms with E-state index in [-0.39, 0.29) is 11.9 Å². The Morgan fingerprint density at radius 2 is 1.80 bits per heavy atom. The van der Waals surface area contributed by atoms with E-state index in [9.17, 15) is 10.0 Å². The standard InChI is InChI=1S/C12H17NO2/c1-3-11(4-2)13(15)12(14)10-8-6-5-7-9-10/h5-9,11,15H,3-4H2,1-2H3. The van der Waals surface area contributed by atoms with Gasteiger partial charge in [-0.15, -0.1) is 0 Å². The molecule has 0 heterocycles. The molecule has 82 valence electrons. The van der Waals surface area contributed by atoms with E-state index in [1.165, 1.54) is 0 Å². The Balaban J connectivity index is 2.77. The minimum Gasteiger partial charge on any atom is -0.285 e. The van der Waals surface area contributed by atoms with Crippen LogP contribution in [0.15, 0.2) is 30.3 Å². The molecule has 3 heteroatoms. The highest BCUT2D eigenvalue weighted by atomic mass is 16.5. The number of hydroxylamine groups is 2. The fraction of sp³-hybridized carbons (Fsp3) is 0.417. The average Bonchev–Trinajstić information content (AvgIpc) is 2.30. The zero-order chi connectivity index (χ0) is 11.3. The van der Waals surface area contributed by atoms with E-state index in [1.807, 2.05) is 19.9 Å². The van der Waals surface area contributed by atoms with Crippen molar-refractivity contribution in [1.29, 1.82) is 0 Å². The molecule has 0 aliphatic carbocycles. The Morgan fingerprint density at radius 3 is 2.27 bits per heavy atom. The van der Waals surface area contributed by atoms with Gasteiger partial charge in [0.1, 0.15) is 0 Å². The molecule has 0 unspecified atom stereocenters. The Morgan fingerprint density at radius 1 is 1.27 bits per heavy atom. The molecule has 3 nitrogen and oxygen atoms in total. The molecule has 15 heavy (non-hydrogen) atoms. The lowest BCUT2D eigenvalue weighted by atomic mass is 10.1. The SMILES string of the molecule is CCC(CC)N(O)C(=O)c1ccccc1. The number of hydrogen-bond donors (Lipinski definition) is 1. The van der Waals surface area contributed by atoms with Crippen molar-refractivity contribution in [2.75, 3.05) is 0 Å². The lowest BCUT2D eigenvalue weighted by molar-refractivity contribution is -0.0901. The number of hydrogen-bond acceptors (Lipinski definition) is 2. The van der Waals surface area contributed by atoms with E-state index >= 15 is 0 Å². The summed E-state index contributed by atoms with van der Waals surface area (Å²) in [6.45, 7) is 3.91. The summed E-state index contributed by atoms with van der Waals surface area (Å²) in [5.41, 5.74) is 0.520. The minimum atomic E-state index is -0.329. The van der Waals surface area contributed by atoms with E-state index in [0.717, 1.165) is 17.9 Å². The molecule has 0 spiro atoms. The van der Waals surface area contributed by atoms with Crippen LogP contribution in [-0.2, 0) is 0 Å². The highest BCUT2D eigenvalue weighted by Gasteiger charge is 2.19. The maximum absolute atomic E-state index is 11.8. The second-order valence-electron chi connectivity index (χ2n) is 3.49. The molecular weight excluding hydrogens is 190 g/mol. The molecule has 0 aliphatic rings.